The number of thiazole rings is 1. The van der Waals surface area contributed by atoms with E-state index in [2.05, 4.69) is 40.6 Å². The molecule has 2 aromatic rings. The average molecular weight is 517 g/mol. The van der Waals surface area contributed by atoms with Crippen molar-refractivity contribution in [3.05, 3.63) is 24.3 Å². The summed E-state index contributed by atoms with van der Waals surface area (Å²) in [6, 6.07) is 8.22. The lowest BCUT2D eigenvalue weighted by Gasteiger charge is -2.26. The molecular formula is C20H32IN5OS. The van der Waals surface area contributed by atoms with Gasteiger partial charge in [-0.25, -0.2) is 4.98 Å². The number of anilines is 1. The molecule has 156 valence electrons. The van der Waals surface area contributed by atoms with Crippen molar-refractivity contribution < 1.29 is 4.74 Å². The van der Waals surface area contributed by atoms with Crippen LogP contribution in [-0.4, -0.2) is 62.3 Å². The van der Waals surface area contributed by atoms with Crippen molar-refractivity contribution in [2.24, 2.45) is 10.9 Å². The summed E-state index contributed by atoms with van der Waals surface area (Å²) in [5.74, 6) is 1.76. The summed E-state index contributed by atoms with van der Waals surface area (Å²) in [7, 11) is 2.13. The van der Waals surface area contributed by atoms with Gasteiger partial charge < -0.3 is 20.3 Å². The fourth-order valence-corrected chi connectivity index (χ4v) is 4.15. The molecule has 1 aliphatic rings. The van der Waals surface area contributed by atoms with Gasteiger partial charge in [0, 0.05) is 39.9 Å². The molecule has 1 aromatic carbocycles. The summed E-state index contributed by atoms with van der Waals surface area (Å²) in [6.45, 7) is 7.36. The van der Waals surface area contributed by atoms with Gasteiger partial charge in [0.1, 0.15) is 0 Å². The Labute approximate surface area is 189 Å². The molecule has 0 spiro atoms. The predicted octanol–water partition coefficient (Wildman–Crippen LogP) is 4.04. The zero-order valence-electron chi connectivity index (χ0n) is 16.8. The summed E-state index contributed by atoms with van der Waals surface area (Å²) in [5, 5.41) is 7.76. The van der Waals surface area contributed by atoms with Crippen LogP contribution in [0.4, 0.5) is 5.13 Å². The molecule has 0 unspecified atom stereocenters. The molecule has 2 N–H and O–H groups in total. The molecule has 0 atom stereocenters. The molecule has 28 heavy (non-hydrogen) atoms. The average Bonchev–Trinajstić information content (AvgIpc) is 3.12. The maximum atomic E-state index is 5.45. The molecule has 2 heterocycles. The van der Waals surface area contributed by atoms with Gasteiger partial charge in [0.05, 0.1) is 16.8 Å². The van der Waals surface area contributed by atoms with E-state index in [9.17, 15) is 0 Å². The van der Waals surface area contributed by atoms with Crippen LogP contribution in [0.15, 0.2) is 29.3 Å². The Morgan fingerprint density at radius 1 is 1.32 bits per heavy atom. The normalized spacial score (nSPS) is 15.3. The van der Waals surface area contributed by atoms with Crippen LogP contribution in [0.25, 0.3) is 10.2 Å². The summed E-state index contributed by atoms with van der Waals surface area (Å²) in [5.41, 5.74) is 1.05. The number of nitrogens with one attached hydrogen (secondary N) is 2. The number of hydrogen-bond acceptors (Lipinski definition) is 5. The molecule has 3 rings (SSSR count). The lowest BCUT2D eigenvalue weighted by molar-refractivity contribution is 0.0625. The van der Waals surface area contributed by atoms with Gasteiger partial charge in [-0.3, -0.25) is 4.99 Å². The number of benzene rings is 1. The van der Waals surface area contributed by atoms with E-state index in [1.54, 1.807) is 11.3 Å². The third-order valence-corrected chi connectivity index (χ3v) is 5.85. The molecule has 1 aliphatic heterocycles. The Hall–Kier alpha value is -1.13. The Bertz CT molecular complexity index is 699. The maximum Gasteiger partial charge on any atom is 0.193 e. The molecular weight excluding hydrogens is 485 g/mol. The number of hydrogen-bond donors (Lipinski definition) is 2. The fraction of sp³-hybridized carbons (Fsp3) is 0.600. The molecule has 0 radical (unpaired) electrons. The number of guanidine groups is 1. The van der Waals surface area contributed by atoms with E-state index in [4.69, 9.17) is 9.73 Å². The quantitative estimate of drug-likeness (QED) is 0.240. The number of para-hydroxylation sites is 1. The molecule has 1 fully saturated rings. The van der Waals surface area contributed by atoms with Crippen molar-refractivity contribution in [1.82, 2.24) is 15.2 Å². The van der Waals surface area contributed by atoms with E-state index in [1.807, 2.05) is 18.2 Å². The zero-order valence-corrected chi connectivity index (χ0v) is 20.0. The minimum atomic E-state index is 0. The van der Waals surface area contributed by atoms with Gasteiger partial charge in [-0.05, 0) is 44.2 Å². The molecule has 0 aliphatic carbocycles. The van der Waals surface area contributed by atoms with E-state index >= 15 is 0 Å². The Morgan fingerprint density at radius 3 is 2.86 bits per heavy atom. The van der Waals surface area contributed by atoms with Crippen LogP contribution in [0.2, 0.25) is 0 Å². The minimum absolute atomic E-state index is 0. The van der Waals surface area contributed by atoms with E-state index in [0.717, 1.165) is 61.9 Å². The van der Waals surface area contributed by atoms with Crippen molar-refractivity contribution in [2.75, 3.05) is 51.8 Å². The largest absolute Gasteiger partial charge is 0.381 e. The third kappa shape index (κ3) is 7.04. The number of fused-ring (bicyclic) bond motifs is 1. The Balaban J connectivity index is 0.00000280. The Morgan fingerprint density at radius 2 is 2.11 bits per heavy atom. The lowest BCUT2D eigenvalue weighted by atomic mass is 9.96. The van der Waals surface area contributed by atoms with Crippen molar-refractivity contribution in [1.29, 1.82) is 0 Å². The third-order valence-electron chi connectivity index (χ3n) is 4.85. The molecule has 8 heteroatoms. The number of aromatic nitrogens is 1. The van der Waals surface area contributed by atoms with Crippen LogP contribution in [0.3, 0.4) is 0 Å². The number of halogens is 1. The topological polar surface area (TPSA) is 61.8 Å². The van der Waals surface area contributed by atoms with Crippen LogP contribution in [0.5, 0.6) is 0 Å². The molecule has 0 bridgehead atoms. The summed E-state index contributed by atoms with van der Waals surface area (Å²) in [4.78, 5) is 11.6. The zero-order chi connectivity index (χ0) is 18.9. The highest BCUT2D eigenvalue weighted by Gasteiger charge is 2.15. The standard InChI is InChI=1S/C20H31N5OS.HI/c1-3-21-19(25(2)13-8-16-9-14-26-15-10-16)22-11-12-23-20-24-17-6-4-5-7-18(17)27-20;/h4-7,16H,3,8-15H2,1-2H3,(H,21,22)(H,23,24);1H. The SMILES string of the molecule is CCNC(=NCCNc1nc2ccccc2s1)N(C)CCC1CCOCC1.I. The summed E-state index contributed by atoms with van der Waals surface area (Å²) >= 11 is 1.69. The van der Waals surface area contributed by atoms with Gasteiger partial charge in [0.15, 0.2) is 11.1 Å². The number of rotatable bonds is 8. The van der Waals surface area contributed by atoms with Crippen LogP contribution in [0.1, 0.15) is 26.2 Å². The van der Waals surface area contributed by atoms with Crippen molar-refractivity contribution >= 4 is 56.6 Å². The fourth-order valence-electron chi connectivity index (χ4n) is 3.26. The lowest BCUT2D eigenvalue weighted by Crippen LogP contribution is -2.40. The molecule has 1 aromatic heterocycles. The molecule has 6 nitrogen and oxygen atoms in total. The van der Waals surface area contributed by atoms with Gasteiger partial charge in [0.25, 0.3) is 0 Å². The van der Waals surface area contributed by atoms with Crippen LogP contribution >= 0.6 is 35.3 Å². The highest BCUT2D eigenvalue weighted by atomic mass is 127. The number of ether oxygens (including phenoxy) is 1. The first-order chi connectivity index (χ1) is 13.3. The number of nitrogens with zero attached hydrogens (tertiary/aromatic N) is 3. The van der Waals surface area contributed by atoms with Crippen LogP contribution in [0, 0.1) is 5.92 Å². The van der Waals surface area contributed by atoms with Gasteiger partial charge in [-0.15, -0.1) is 24.0 Å². The second-order valence-corrected chi connectivity index (χ2v) is 7.95. The first-order valence-corrected chi connectivity index (χ1v) is 10.7. The molecule has 0 amide bonds. The van der Waals surface area contributed by atoms with Crippen LogP contribution in [-0.2, 0) is 4.74 Å². The Kier molecular flexibility index (Phi) is 10.3. The van der Waals surface area contributed by atoms with Gasteiger partial charge >= 0.3 is 0 Å². The monoisotopic (exact) mass is 517 g/mol. The second kappa shape index (κ2) is 12.4. The highest BCUT2D eigenvalue weighted by Crippen LogP contribution is 2.25. The van der Waals surface area contributed by atoms with Gasteiger partial charge in [0.2, 0.25) is 0 Å². The summed E-state index contributed by atoms with van der Waals surface area (Å²) < 4.78 is 6.67. The minimum Gasteiger partial charge on any atom is -0.381 e. The summed E-state index contributed by atoms with van der Waals surface area (Å²) in [6.07, 6.45) is 3.58. The van der Waals surface area contributed by atoms with Gasteiger partial charge in [-0.2, -0.15) is 0 Å². The van der Waals surface area contributed by atoms with E-state index in [-0.39, 0.29) is 24.0 Å². The smallest absolute Gasteiger partial charge is 0.193 e. The van der Waals surface area contributed by atoms with Crippen molar-refractivity contribution in [3.8, 4) is 0 Å². The van der Waals surface area contributed by atoms with E-state index in [1.165, 1.54) is 24.0 Å². The van der Waals surface area contributed by atoms with E-state index < -0.39 is 0 Å². The second-order valence-electron chi connectivity index (χ2n) is 6.92. The number of aliphatic imine (C=N–C) groups is 1. The van der Waals surface area contributed by atoms with Gasteiger partial charge in [-0.1, -0.05) is 23.5 Å². The predicted molar refractivity (Wildman–Crippen MR) is 130 cm³/mol. The highest BCUT2D eigenvalue weighted by molar-refractivity contribution is 14.0. The molecule has 1 saturated heterocycles. The van der Waals surface area contributed by atoms with Crippen molar-refractivity contribution in [3.63, 3.8) is 0 Å². The van der Waals surface area contributed by atoms with Crippen LogP contribution < -0.4 is 10.6 Å². The van der Waals surface area contributed by atoms with E-state index in [0.29, 0.717) is 0 Å². The van der Waals surface area contributed by atoms with Crippen molar-refractivity contribution in [2.45, 2.75) is 26.2 Å². The molecule has 0 saturated carbocycles. The first-order valence-electron chi connectivity index (χ1n) is 9.93. The first kappa shape index (κ1) is 23.2. The maximum absolute atomic E-state index is 5.45.